The number of ether oxygens (including phenoxy) is 1. The fourth-order valence-electron chi connectivity index (χ4n) is 3.38. The van der Waals surface area contributed by atoms with Crippen molar-refractivity contribution in [1.29, 1.82) is 5.26 Å². The van der Waals surface area contributed by atoms with E-state index in [2.05, 4.69) is 6.07 Å². The summed E-state index contributed by atoms with van der Waals surface area (Å²) >= 11 is 3.08. The molecule has 0 bridgehead atoms. The number of carbonyl (C=O) groups excluding carboxylic acids is 2. The number of nitriles is 1. The highest BCUT2D eigenvalue weighted by Crippen LogP contribution is 2.44. The monoisotopic (exact) mass is 411 g/mol. The van der Waals surface area contributed by atoms with Crippen molar-refractivity contribution in [2.45, 2.75) is 12.3 Å². The van der Waals surface area contributed by atoms with Crippen LogP contribution in [0.25, 0.3) is 0 Å². The minimum absolute atomic E-state index is 0.0239. The van der Waals surface area contributed by atoms with Gasteiger partial charge in [-0.15, -0.1) is 11.3 Å². The van der Waals surface area contributed by atoms with Crippen LogP contribution in [0.1, 0.15) is 27.6 Å². The number of anilines is 1. The zero-order valence-corrected chi connectivity index (χ0v) is 16.8. The fourth-order valence-corrected chi connectivity index (χ4v) is 5.39. The van der Waals surface area contributed by atoms with Crippen molar-refractivity contribution >= 4 is 40.7 Å². The third-order valence-corrected chi connectivity index (χ3v) is 6.97. The van der Waals surface area contributed by atoms with Crippen molar-refractivity contribution in [1.82, 2.24) is 4.90 Å². The molecule has 3 heterocycles. The van der Waals surface area contributed by atoms with Crippen LogP contribution in [0.5, 0.6) is 0 Å². The minimum atomic E-state index is -0.380. The molecule has 0 aliphatic carbocycles. The van der Waals surface area contributed by atoms with Crippen molar-refractivity contribution < 1.29 is 14.3 Å². The third kappa shape index (κ3) is 3.28. The van der Waals surface area contributed by atoms with Crippen LogP contribution in [0.3, 0.4) is 0 Å². The maximum absolute atomic E-state index is 12.8. The average molecular weight is 412 g/mol. The van der Waals surface area contributed by atoms with E-state index in [0.717, 1.165) is 15.6 Å². The number of esters is 1. The van der Waals surface area contributed by atoms with Gasteiger partial charge in [-0.05, 0) is 35.7 Å². The number of fused-ring (bicyclic) bond motifs is 1. The number of rotatable bonds is 3. The highest BCUT2D eigenvalue weighted by atomic mass is 32.2. The molecule has 4 rings (SSSR count). The molecule has 1 fully saturated rings. The molecule has 1 aromatic heterocycles. The number of hydrogen-bond donors (Lipinski definition) is 0. The molecule has 8 heteroatoms. The van der Waals surface area contributed by atoms with Crippen molar-refractivity contribution in [2.75, 3.05) is 24.6 Å². The second kappa shape index (κ2) is 7.70. The first-order valence-electron chi connectivity index (χ1n) is 8.66. The van der Waals surface area contributed by atoms with Crippen LogP contribution >= 0.6 is 23.1 Å². The lowest BCUT2D eigenvalue weighted by Gasteiger charge is -2.41. The number of methoxy groups -OCH3 is 1. The molecule has 1 saturated heterocycles. The Morgan fingerprint density at radius 1 is 1.29 bits per heavy atom. The van der Waals surface area contributed by atoms with E-state index in [1.54, 1.807) is 28.4 Å². The van der Waals surface area contributed by atoms with Crippen LogP contribution in [0.15, 0.2) is 52.4 Å². The zero-order valence-electron chi connectivity index (χ0n) is 15.1. The molecule has 0 radical (unpaired) electrons. The fraction of sp³-hybridized carbons (Fsp3) is 0.250. The number of nitrogens with zero attached hydrogens (tertiary/aromatic N) is 3. The molecule has 0 N–H and O–H groups in total. The number of allylic oxidation sites excluding steroid dienone is 1. The van der Waals surface area contributed by atoms with E-state index in [9.17, 15) is 14.9 Å². The molecule has 2 aliphatic rings. The number of carbonyl (C=O) groups is 2. The summed E-state index contributed by atoms with van der Waals surface area (Å²) in [5.41, 5.74) is 2.06. The Morgan fingerprint density at radius 3 is 2.71 bits per heavy atom. The summed E-state index contributed by atoms with van der Waals surface area (Å²) < 4.78 is 4.73. The van der Waals surface area contributed by atoms with Crippen LogP contribution in [0, 0.1) is 11.3 Å². The van der Waals surface area contributed by atoms with Gasteiger partial charge in [0.15, 0.2) is 0 Å². The van der Waals surface area contributed by atoms with Gasteiger partial charge in [0.2, 0.25) is 5.91 Å². The van der Waals surface area contributed by atoms with Gasteiger partial charge < -0.3 is 9.64 Å². The molecule has 1 amide bonds. The Kier molecular flexibility index (Phi) is 5.11. The predicted octanol–water partition coefficient (Wildman–Crippen LogP) is 3.75. The number of hydrogen-bond acceptors (Lipinski definition) is 7. The van der Waals surface area contributed by atoms with Crippen molar-refractivity contribution in [2.24, 2.45) is 0 Å². The standard InChI is InChI=1S/C20H17N3O3S2/c1-26-20(25)13-4-6-14(7-5-13)22-11-23-18(24)9-15(17-3-2-8-27-17)16(10-21)19(23)28-12-22/h2-8,15H,9,11-12H2,1H3/t15-/m1/s1. The Morgan fingerprint density at radius 2 is 2.07 bits per heavy atom. The molecule has 28 heavy (non-hydrogen) atoms. The van der Waals surface area contributed by atoms with Gasteiger partial charge in [0, 0.05) is 22.9 Å². The Labute approximate surface area is 171 Å². The van der Waals surface area contributed by atoms with Gasteiger partial charge in [-0.1, -0.05) is 17.8 Å². The topological polar surface area (TPSA) is 73.6 Å². The summed E-state index contributed by atoms with van der Waals surface area (Å²) in [6.45, 7) is 0.390. The maximum atomic E-state index is 12.8. The number of amides is 1. The largest absolute Gasteiger partial charge is 0.465 e. The van der Waals surface area contributed by atoms with Crippen molar-refractivity contribution in [3.8, 4) is 6.07 Å². The molecule has 2 aliphatic heterocycles. The lowest BCUT2D eigenvalue weighted by molar-refractivity contribution is -0.129. The molecular weight excluding hydrogens is 394 g/mol. The molecule has 1 aromatic carbocycles. The van der Waals surface area contributed by atoms with Crippen molar-refractivity contribution in [3.05, 3.63) is 62.8 Å². The zero-order chi connectivity index (χ0) is 19.7. The Balaban J connectivity index is 1.59. The highest BCUT2D eigenvalue weighted by molar-refractivity contribution is 8.03. The number of thioether (sulfide) groups is 1. The second-order valence-corrected chi connectivity index (χ2v) is 8.33. The lowest BCUT2D eigenvalue weighted by Crippen LogP contribution is -2.47. The second-order valence-electron chi connectivity index (χ2n) is 6.42. The van der Waals surface area contributed by atoms with E-state index in [4.69, 9.17) is 4.74 Å². The average Bonchev–Trinajstić information content (AvgIpc) is 3.28. The maximum Gasteiger partial charge on any atom is 0.337 e. The molecule has 0 saturated carbocycles. The van der Waals surface area contributed by atoms with Crippen LogP contribution in [0.2, 0.25) is 0 Å². The first kappa shape index (κ1) is 18.6. The van der Waals surface area contributed by atoms with Crippen LogP contribution in [-0.2, 0) is 9.53 Å². The van der Waals surface area contributed by atoms with Gasteiger partial charge >= 0.3 is 5.97 Å². The summed E-state index contributed by atoms with van der Waals surface area (Å²) in [6.07, 6.45) is 0.308. The molecule has 0 unspecified atom stereocenters. The predicted molar refractivity (Wildman–Crippen MR) is 109 cm³/mol. The summed E-state index contributed by atoms with van der Waals surface area (Å²) in [6, 6.07) is 13.4. The number of thiophene rings is 1. The van der Waals surface area contributed by atoms with Gasteiger partial charge in [0.05, 0.1) is 41.9 Å². The number of benzene rings is 1. The molecular formula is C20H17N3O3S2. The quantitative estimate of drug-likeness (QED) is 0.716. The first-order valence-corrected chi connectivity index (χ1v) is 10.5. The smallest absolute Gasteiger partial charge is 0.337 e. The normalized spacial score (nSPS) is 19.3. The third-order valence-electron chi connectivity index (χ3n) is 4.83. The summed E-state index contributed by atoms with van der Waals surface area (Å²) in [5, 5.41) is 12.5. The highest BCUT2D eigenvalue weighted by Gasteiger charge is 2.38. The van der Waals surface area contributed by atoms with E-state index in [1.165, 1.54) is 18.9 Å². The molecule has 6 nitrogen and oxygen atoms in total. The molecule has 142 valence electrons. The first-order chi connectivity index (χ1) is 13.6. The molecule has 0 spiro atoms. The van der Waals surface area contributed by atoms with Gasteiger partial charge in [-0.3, -0.25) is 9.69 Å². The Bertz CT molecular complexity index is 977. The van der Waals surface area contributed by atoms with Gasteiger partial charge in [-0.2, -0.15) is 5.26 Å². The van der Waals surface area contributed by atoms with Gasteiger partial charge in [0.25, 0.3) is 0 Å². The molecule has 2 aromatic rings. The summed E-state index contributed by atoms with van der Waals surface area (Å²) in [7, 11) is 1.35. The van der Waals surface area contributed by atoms with E-state index in [0.29, 0.717) is 30.1 Å². The van der Waals surface area contributed by atoms with E-state index in [1.807, 2.05) is 34.5 Å². The van der Waals surface area contributed by atoms with Gasteiger partial charge in [0.1, 0.15) is 0 Å². The summed E-state index contributed by atoms with van der Waals surface area (Å²) in [4.78, 5) is 29.2. The van der Waals surface area contributed by atoms with Crippen LogP contribution < -0.4 is 4.90 Å². The minimum Gasteiger partial charge on any atom is -0.465 e. The van der Waals surface area contributed by atoms with E-state index in [-0.39, 0.29) is 17.8 Å². The van der Waals surface area contributed by atoms with Crippen LogP contribution in [0.4, 0.5) is 5.69 Å². The van der Waals surface area contributed by atoms with Gasteiger partial charge in [-0.25, -0.2) is 4.79 Å². The van der Waals surface area contributed by atoms with Crippen LogP contribution in [-0.4, -0.2) is 36.4 Å². The lowest BCUT2D eigenvalue weighted by atomic mass is 9.92. The Hall–Kier alpha value is -2.76. The molecule has 1 atom stereocenters. The summed E-state index contributed by atoms with van der Waals surface area (Å²) in [5.74, 6) is 0.117. The van der Waals surface area contributed by atoms with E-state index < -0.39 is 0 Å². The van der Waals surface area contributed by atoms with Crippen molar-refractivity contribution in [3.63, 3.8) is 0 Å². The SMILES string of the molecule is COC(=O)c1ccc(N2CSC3=C(C#N)[C@H](c4cccs4)CC(=O)N3C2)cc1. The van der Waals surface area contributed by atoms with E-state index >= 15 is 0 Å².